The normalized spacial score (nSPS) is 14.2. The van der Waals surface area contributed by atoms with E-state index in [2.05, 4.69) is 4.74 Å². The fourth-order valence-corrected chi connectivity index (χ4v) is 3.56. The van der Waals surface area contributed by atoms with E-state index in [4.69, 9.17) is 0 Å². The number of hydrogen-bond donors (Lipinski definition) is 0. The van der Waals surface area contributed by atoms with Gasteiger partial charge in [-0.05, 0) is 36.6 Å². The standard InChI is InChI=1S/C18H16F3NO3S/c1-25-17(24)15-9-8-14(26-15)16(23)22(12-6-7-12)10-11-4-2-3-5-13(11)18(19,20)21/h2-5,8-9,12H,6-7,10H2,1H3. The summed E-state index contributed by atoms with van der Waals surface area (Å²) in [5.41, 5.74) is -0.676. The third-order valence-corrected chi connectivity index (χ3v) is 5.17. The van der Waals surface area contributed by atoms with Crippen LogP contribution in [0, 0.1) is 0 Å². The fourth-order valence-electron chi connectivity index (χ4n) is 2.68. The molecular formula is C18H16F3NO3S. The van der Waals surface area contributed by atoms with Crippen molar-refractivity contribution >= 4 is 23.2 Å². The molecule has 2 aromatic rings. The molecular weight excluding hydrogens is 367 g/mol. The van der Waals surface area contributed by atoms with Crippen molar-refractivity contribution < 1.29 is 27.5 Å². The van der Waals surface area contributed by atoms with Crippen LogP contribution in [-0.4, -0.2) is 29.9 Å². The maximum Gasteiger partial charge on any atom is 0.416 e. The van der Waals surface area contributed by atoms with Crippen LogP contribution in [0.2, 0.25) is 0 Å². The smallest absolute Gasteiger partial charge is 0.416 e. The summed E-state index contributed by atoms with van der Waals surface area (Å²) in [4.78, 5) is 26.4. The number of hydrogen-bond acceptors (Lipinski definition) is 4. The third kappa shape index (κ3) is 3.90. The average Bonchev–Trinajstić information content (AvgIpc) is 3.33. The highest BCUT2D eigenvalue weighted by Gasteiger charge is 2.37. The van der Waals surface area contributed by atoms with Gasteiger partial charge >= 0.3 is 12.1 Å². The van der Waals surface area contributed by atoms with Gasteiger partial charge in [0, 0.05) is 12.6 Å². The number of halogens is 3. The lowest BCUT2D eigenvalue weighted by Gasteiger charge is -2.24. The maximum absolute atomic E-state index is 13.2. The minimum Gasteiger partial charge on any atom is -0.465 e. The molecule has 0 saturated heterocycles. The van der Waals surface area contributed by atoms with E-state index < -0.39 is 17.7 Å². The third-order valence-electron chi connectivity index (χ3n) is 4.12. The van der Waals surface area contributed by atoms with Crippen LogP contribution in [0.5, 0.6) is 0 Å². The fraction of sp³-hybridized carbons (Fsp3) is 0.333. The Morgan fingerprint density at radius 3 is 2.42 bits per heavy atom. The first-order chi connectivity index (χ1) is 12.3. The lowest BCUT2D eigenvalue weighted by molar-refractivity contribution is -0.138. The van der Waals surface area contributed by atoms with Crippen molar-refractivity contribution in [1.29, 1.82) is 0 Å². The minimum absolute atomic E-state index is 0.0602. The maximum atomic E-state index is 13.2. The summed E-state index contributed by atoms with van der Waals surface area (Å²) in [5, 5.41) is 0. The number of methoxy groups -OCH3 is 1. The zero-order valence-corrected chi connectivity index (χ0v) is 14.7. The lowest BCUT2D eigenvalue weighted by Crippen LogP contribution is -2.32. The van der Waals surface area contributed by atoms with E-state index in [0.29, 0.717) is 4.88 Å². The van der Waals surface area contributed by atoms with Crippen molar-refractivity contribution in [3.8, 4) is 0 Å². The first-order valence-corrected chi connectivity index (χ1v) is 8.77. The van der Waals surface area contributed by atoms with Gasteiger partial charge in [0.25, 0.3) is 5.91 Å². The van der Waals surface area contributed by atoms with Crippen molar-refractivity contribution in [2.24, 2.45) is 0 Å². The first kappa shape index (κ1) is 18.4. The average molecular weight is 383 g/mol. The Labute approximate surface area is 152 Å². The van der Waals surface area contributed by atoms with Gasteiger partial charge in [0.05, 0.1) is 17.6 Å². The Bertz CT molecular complexity index is 827. The highest BCUT2D eigenvalue weighted by molar-refractivity contribution is 7.15. The highest BCUT2D eigenvalue weighted by Crippen LogP contribution is 2.36. The molecule has 1 aromatic carbocycles. The quantitative estimate of drug-likeness (QED) is 0.721. The molecule has 1 saturated carbocycles. The van der Waals surface area contributed by atoms with E-state index >= 15 is 0 Å². The van der Waals surface area contributed by atoms with Gasteiger partial charge in [-0.15, -0.1) is 11.3 Å². The van der Waals surface area contributed by atoms with Gasteiger partial charge in [0.15, 0.2) is 0 Å². The molecule has 138 valence electrons. The van der Waals surface area contributed by atoms with Gasteiger partial charge in [-0.2, -0.15) is 13.2 Å². The van der Waals surface area contributed by atoms with Crippen LogP contribution < -0.4 is 0 Å². The molecule has 1 aliphatic carbocycles. The molecule has 1 amide bonds. The Morgan fingerprint density at radius 2 is 1.81 bits per heavy atom. The van der Waals surface area contributed by atoms with Crippen molar-refractivity contribution in [2.45, 2.75) is 31.6 Å². The van der Waals surface area contributed by atoms with Gasteiger partial charge in [-0.25, -0.2) is 4.79 Å². The van der Waals surface area contributed by atoms with Gasteiger partial charge in [-0.1, -0.05) is 18.2 Å². The number of amides is 1. The second kappa shape index (κ2) is 7.11. The van der Waals surface area contributed by atoms with Gasteiger partial charge in [0.1, 0.15) is 4.88 Å². The number of thiophene rings is 1. The molecule has 1 aliphatic rings. The van der Waals surface area contributed by atoms with Crippen LogP contribution in [0.15, 0.2) is 36.4 Å². The summed E-state index contributed by atoms with van der Waals surface area (Å²) in [5.74, 6) is -0.918. The van der Waals surface area contributed by atoms with Crippen LogP contribution in [0.3, 0.4) is 0 Å². The van der Waals surface area contributed by atoms with Gasteiger partial charge in [-0.3, -0.25) is 4.79 Å². The zero-order chi connectivity index (χ0) is 18.9. The van der Waals surface area contributed by atoms with Crippen molar-refractivity contribution in [3.05, 3.63) is 57.3 Å². The number of nitrogens with zero attached hydrogens (tertiary/aromatic N) is 1. The minimum atomic E-state index is -4.48. The van der Waals surface area contributed by atoms with Crippen molar-refractivity contribution in [3.63, 3.8) is 0 Å². The summed E-state index contributed by atoms with van der Waals surface area (Å²) in [6.45, 7) is -0.120. The number of carbonyl (C=O) groups is 2. The van der Waals surface area contributed by atoms with Gasteiger partial charge < -0.3 is 9.64 Å². The van der Waals surface area contributed by atoms with Crippen LogP contribution >= 0.6 is 11.3 Å². The molecule has 8 heteroatoms. The van der Waals surface area contributed by atoms with Crippen LogP contribution in [0.4, 0.5) is 13.2 Å². The molecule has 3 rings (SSSR count). The monoisotopic (exact) mass is 383 g/mol. The molecule has 4 nitrogen and oxygen atoms in total. The molecule has 1 heterocycles. The van der Waals surface area contributed by atoms with E-state index in [-0.39, 0.29) is 28.9 Å². The number of esters is 1. The number of alkyl halides is 3. The van der Waals surface area contributed by atoms with E-state index in [1.165, 1.54) is 42.3 Å². The second-order valence-corrected chi connectivity index (χ2v) is 7.06. The zero-order valence-electron chi connectivity index (χ0n) is 13.9. The molecule has 0 bridgehead atoms. The molecule has 0 radical (unpaired) electrons. The summed E-state index contributed by atoms with van der Waals surface area (Å²) in [6.07, 6.45) is -2.96. The number of benzene rings is 1. The summed E-state index contributed by atoms with van der Waals surface area (Å²) in [7, 11) is 1.24. The summed E-state index contributed by atoms with van der Waals surface area (Å²) < 4.78 is 44.3. The Kier molecular flexibility index (Phi) is 5.04. The highest BCUT2D eigenvalue weighted by atomic mass is 32.1. The van der Waals surface area contributed by atoms with E-state index in [1.807, 2.05) is 0 Å². The van der Waals surface area contributed by atoms with Crippen molar-refractivity contribution in [2.75, 3.05) is 7.11 Å². The topological polar surface area (TPSA) is 46.6 Å². The van der Waals surface area contributed by atoms with Crippen LogP contribution in [0.25, 0.3) is 0 Å². The predicted molar refractivity (Wildman–Crippen MR) is 90.0 cm³/mol. The van der Waals surface area contributed by atoms with Crippen LogP contribution in [0.1, 0.15) is 43.3 Å². The Balaban J connectivity index is 1.86. The Morgan fingerprint density at radius 1 is 1.15 bits per heavy atom. The van der Waals surface area contributed by atoms with Gasteiger partial charge in [0.2, 0.25) is 0 Å². The van der Waals surface area contributed by atoms with E-state index in [0.717, 1.165) is 30.2 Å². The summed E-state index contributed by atoms with van der Waals surface area (Å²) in [6, 6.07) is 8.18. The molecule has 26 heavy (non-hydrogen) atoms. The SMILES string of the molecule is COC(=O)c1ccc(C(=O)N(Cc2ccccc2C(F)(F)F)C2CC2)s1. The molecule has 0 spiro atoms. The van der Waals surface area contributed by atoms with Crippen molar-refractivity contribution in [1.82, 2.24) is 4.90 Å². The summed E-state index contributed by atoms with van der Waals surface area (Å²) >= 11 is 0.980. The molecule has 1 fully saturated rings. The number of ether oxygens (including phenoxy) is 1. The van der Waals surface area contributed by atoms with Crippen LogP contribution in [-0.2, 0) is 17.5 Å². The number of carbonyl (C=O) groups excluding carboxylic acids is 2. The molecule has 1 aromatic heterocycles. The predicted octanol–water partition coefficient (Wildman–Crippen LogP) is 4.36. The first-order valence-electron chi connectivity index (χ1n) is 7.95. The molecule has 0 atom stereocenters. The van der Waals surface area contributed by atoms with E-state index in [1.54, 1.807) is 0 Å². The Hall–Kier alpha value is -2.35. The largest absolute Gasteiger partial charge is 0.465 e. The van der Waals surface area contributed by atoms with E-state index in [9.17, 15) is 22.8 Å². The molecule has 0 N–H and O–H groups in total. The molecule has 0 unspecified atom stereocenters. The second-order valence-electron chi connectivity index (χ2n) is 5.97. The number of rotatable bonds is 5. The lowest BCUT2D eigenvalue weighted by atomic mass is 10.1. The molecule has 0 aliphatic heterocycles.